The topological polar surface area (TPSA) is 53.4 Å². The zero-order chi connectivity index (χ0) is 9.97. The predicted octanol–water partition coefficient (Wildman–Crippen LogP) is 0.740. The van der Waals surface area contributed by atoms with E-state index in [1.807, 2.05) is 0 Å². The second-order valence-corrected chi connectivity index (χ2v) is 4.14. The highest BCUT2D eigenvalue weighted by atomic mass is 32.1. The number of β-amino-alcohol motifs (C(OH)–C–C–N with tert-alkyl or cyclic N) is 1. The van der Waals surface area contributed by atoms with Crippen LogP contribution in [0.2, 0.25) is 0 Å². The molecule has 4 nitrogen and oxygen atoms in total. The van der Waals surface area contributed by atoms with Crippen molar-refractivity contribution in [2.45, 2.75) is 18.9 Å². The summed E-state index contributed by atoms with van der Waals surface area (Å²) >= 11 is 1.41. The number of amides is 1. The summed E-state index contributed by atoms with van der Waals surface area (Å²) < 4.78 is 0. The lowest BCUT2D eigenvalue weighted by molar-refractivity contribution is 0.0469. The monoisotopic (exact) mass is 212 g/mol. The Morgan fingerprint density at radius 3 is 3.21 bits per heavy atom. The van der Waals surface area contributed by atoms with E-state index in [0.29, 0.717) is 12.2 Å². The van der Waals surface area contributed by atoms with Crippen LogP contribution in [0.3, 0.4) is 0 Å². The normalized spacial score (nSPS) is 22.4. The number of hydrogen-bond donors (Lipinski definition) is 1. The van der Waals surface area contributed by atoms with E-state index < -0.39 is 0 Å². The van der Waals surface area contributed by atoms with Gasteiger partial charge in [0.2, 0.25) is 0 Å². The first-order valence-electron chi connectivity index (χ1n) is 4.63. The zero-order valence-corrected chi connectivity index (χ0v) is 8.54. The average Bonchev–Trinajstić information content (AvgIpc) is 2.69. The number of likely N-dealkylation sites (tertiary alicyclic amines) is 1. The van der Waals surface area contributed by atoms with Crippen LogP contribution < -0.4 is 0 Å². The molecule has 0 unspecified atom stereocenters. The van der Waals surface area contributed by atoms with Crippen molar-refractivity contribution in [1.29, 1.82) is 0 Å². The van der Waals surface area contributed by atoms with Gasteiger partial charge in [-0.05, 0) is 12.8 Å². The van der Waals surface area contributed by atoms with Crippen molar-refractivity contribution < 1.29 is 9.90 Å². The second kappa shape index (κ2) is 4.06. The molecule has 14 heavy (non-hydrogen) atoms. The van der Waals surface area contributed by atoms with Crippen LogP contribution >= 0.6 is 11.3 Å². The summed E-state index contributed by atoms with van der Waals surface area (Å²) in [7, 11) is 0. The summed E-state index contributed by atoms with van der Waals surface area (Å²) in [6.07, 6.45) is 1.30. The van der Waals surface area contributed by atoms with Crippen LogP contribution in [-0.2, 0) is 0 Å². The van der Waals surface area contributed by atoms with E-state index in [1.165, 1.54) is 11.3 Å². The minimum Gasteiger partial charge on any atom is -0.391 e. The van der Waals surface area contributed by atoms with Crippen molar-refractivity contribution >= 4 is 17.2 Å². The molecule has 2 rings (SSSR count). The van der Waals surface area contributed by atoms with Gasteiger partial charge in [-0.1, -0.05) is 0 Å². The molecule has 1 aromatic rings. The maximum Gasteiger partial charge on any atom is 0.273 e. The summed E-state index contributed by atoms with van der Waals surface area (Å²) in [6, 6.07) is 0. The fourth-order valence-electron chi connectivity index (χ4n) is 1.62. The fourth-order valence-corrected chi connectivity index (χ4v) is 2.15. The molecule has 5 heteroatoms. The number of thiazole rings is 1. The minimum absolute atomic E-state index is 0.0648. The molecule has 0 radical (unpaired) electrons. The molecular weight excluding hydrogens is 200 g/mol. The number of carbonyl (C=O) groups is 1. The highest BCUT2D eigenvalue weighted by Gasteiger charge is 2.23. The quantitative estimate of drug-likeness (QED) is 0.747. The lowest BCUT2D eigenvalue weighted by Crippen LogP contribution is -2.42. The van der Waals surface area contributed by atoms with Gasteiger partial charge in [0.05, 0.1) is 11.6 Å². The molecule has 0 aliphatic carbocycles. The number of rotatable bonds is 1. The van der Waals surface area contributed by atoms with Crippen molar-refractivity contribution in [2.24, 2.45) is 0 Å². The predicted molar refractivity (Wildman–Crippen MR) is 53.3 cm³/mol. The van der Waals surface area contributed by atoms with Gasteiger partial charge in [0.1, 0.15) is 5.69 Å². The largest absolute Gasteiger partial charge is 0.391 e. The molecule has 1 atom stereocenters. The SMILES string of the molecule is O=C(c1cscn1)N1CCC[C@H](O)C1. The summed E-state index contributed by atoms with van der Waals surface area (Å²) in [5.41, 5.74) is 2.14. The summed E-state index contributed by atoms with van der Waals surface area (Å²) in [4.78, 5) is 17.4. The maximum absolute atomic E-state index is 11.8. The molecule has 1 aliphatic heterocycles. The lowest BCUT2D eigenvalue weighted by Gasteiger charge is -2.29. The average molecular weight is 212 g/mol. The van der Waals surface area contributed by atoms with E-state index in [1.54, 1.807) is 15.8 Å². The molecule has 0 bridgehead atoms. The first kappa shape index (κ1) is 9.61. The molecule has 0 spiro atoms. The van der Waals surface area contributed by atoms with Crippen LogP contribution in [0.1, 0.15) is 23.3 Å². The Morgan fingerprint density at radius 1 is 1.71 bits per heavy atom. The number of hydrogen-bond acceptors (Lipinski definition) is 4. The van der Waals surface area contributed by atoms with E-state index in [0.717, 1.165) is 19.4 Å². The van der Waals surface area contributed by atoms with Crippen molar-refractivity contribution in [3.63, 3.8) is 0 Å². The number of aliphatic hydroxyl groups excluding tert-OH is 1. The number of aliphatic hydroxyl groups is 1. The van der Waals surface area contributed by atoms with Crippen LogP contribution in [0.4, 0.5) is 0 Å². The van der Waals surface area contributed by atoms with Crippen LogP contribution in [0, 0.1) is 0 Å². The molecule has 1 fully saturated rings. The Bertz CT molecular complexity index is 313. The van der Waals surface area contributed by atoms with Gasteiger partial charge in [-0.3, -0.25) is 4.79 Å². The molecule has 0 saturated carbocycles. The lowest BCUT2D eigenvalue weighted by atomic mass is 10.1. The Labute approximate surface area is 86.2 Å². The van der Waals surface area contributed by atoms with Crippen molar-refractivity contribution in [3.8, 4) is 0 Å². The first-order valence-corrected chi connectivity index (χ1v) is 5.57. The Kier molecular flexibility index (Phi) is 2.79. The van der Waals surface area contributed by atoms with Crippen LogP contribution in [0.25, 0.3) is 0 Å². The van der Waals surface area contributed by atoms with E-state index in [-0.39, 0.29) is 12.0 Å². The van der Waals surface area contributed by atoms with Crippen molar-refractivity contribution in [2.75, 3.05) is 13.1 Å². The van der Waals surface area contributed by atoms with Gasteiger partial charge in [0, 0.05) is 18.5 Å². The highest BCUT2D eigenvalue weighted by molar-refractivity contribution is 7.07. The number of carbonyl (C=O) groups excluding carboxylic acids is 1. The Hall–Kier alpha value is -0.940. The van der Waals surface area contributed by atoms with E-state index >= 15 is 0 Å². The van der Waals surface area contributed by atoms with Crippen LogP contribution in [0.5, 0.6) is 0 Å². The van der Waals surface area contributed by atoms with Gasteiger partial charge < -0.3 is 10.0 Å². The van der Waals surface area contributed by atoms with Gasteiger partial charge in [-0.15, -0.1) is 11.3 Å². The molecule has 1 amide bonds. The van der Waals surface area contributed by atoms with Crippen molar-refractivity contribution in [1.82, 2.24) is 9.88 Å². The van der Waals surface area contributed by atoms with Gasteiger partial charge in [-0.2, -0.15) is 0 Å². The van der Waals surface area contributed by atoms with Crippen LogP contribution in [-0.4, -0.2) is 40.1 Å². The maximum atomic E-state index is 11.8. The minimum atomic E-state index is -0.369. The van der Waals surface area contributed by atoms with Crippen molar-refractivity contribution in [3.05, 3.63) is 16.6 Å². The molecule has 0 aromatic carbocycles. The summed E-state index contributed by atoms with van der Waals surface area (Å²) in [5, 5.41) is 11.2. The third-order valence-electron chi connectivity index (χ3n) is 2.34. The van der Waals surface area contributed by atoms with Gasteiger partial charge in [-0.25, -0.2) is 4.98 Å². The molecular formula is C9H12N2O2S. The molecule has 1 aliphatic rings. The molecule has 76 valence electrons. The zero-order valence-electron chi connectivity index (χ0n) is 7.72. The molecule has 1 N–H and O–H groups in total. The third kappa shape index (κ3) is 1.93. The van der Waals surface area contributed by atoms with E-state index in [9.17, 15) is 9.90 Å². The van der Waals surface area contributed by atoms with Gasteiger partial charge in [0.25, 0.3) is 5.91 Å². The third-order valence-corrected chi connectivity index (χ3v) is 2.92. The Morgan fingerprint density at radius 2 is 2.57 bits per heavy atom. The number of piperidine rings is 1. The number of nitrogens with zero attached hydrogens (tertiary/aromatic N) is 2. The summed E-state index contributed by atoms with van der Waals surface area (Å²) in [5.74, 6) is -0.0648. The molecule has 2 heterocycles. The number of aromatic nitrogens is 1. The van der Waals surface area contributed by atoms with Gasteiger partial charge in [0.15, 0.2) is 0 Å². The smallest absolute Gasteiger partial charge is 0.273 e. The van der Waals surface area contributed by atoms with Gasteiger partial charge >= 0.3 is 0 Å². The van der Waals surface area contributed by atoms with Crippen LogP contribution in [0.15, 0.2) is 10.9 Å². The first-order chi connectivity index (χ1) is 6.77. The fraction of sp³-hybridized carbons (Fsp3) is 0.556. The second-order valence-electron chi connectivity index (χ2n) is 3.42. The highest BCUT2D eigenvalue weighted by Crippen LogP contribution is 2.13. The standard InChI is InChI=1S/C9H12N2O2S/c12-7-2-1-3-11(4-7)9(13)8-5-14-6-10-8/h5-7,12H,1-4H2/t7-/m0/s1. The molecule has 1 aromatic heterocycles. The summed E-state index contributed by atoms with van der Waals surface area (Å²) in [6.45, 7) is 1.17. The van der Waals surface area contributed by atoms with E-state index in [4.69, 9.17) is 0 Å². The Balaban J connectivity index is 2.04. The van der Waals surface area contributed by atoms with E-state index in [2.05, 4.69) is 4.98 Å². The molecule has 1 saturated heterocycles.